The summed E-state index contributed by atoms with van der Waals surface area (Å²) in [6, 6.07) is 19.1. The van der Waals surface area contributed by atoms with Crippen LogP contribution in [0.15, 0.2) is 66.9 Å². The van der Waals surface area contributed by atoms with Gasteiger partial charge in [0.15, 0.2) is 0 Å². The third-order valence-electron chi connectivity index (χ3n) is 8.61. The van der Waals surface area contributed by atoms with Crippen LogP contribution in [0.1, 0.15) is 47.6 Å². The lowest BCUT2D eigenvalue weighted by Gasteiger charge is -2.26. The highest BCUT2D eigenvalue weighted by atomic mass is 35.5. The molecule has 7 rings (SSSR count). The molecule has 2 fully saturated rings. The summed E-state index contributed by atoms with van der Waals surface area (Å²) in [6.45, 7) is 2.08. The first-order chi connectivity index (χ1) is 20.9. The Morgan fingerprint density at radius 1 is 1.09 bits per heavy atom. The fourth-order valence-electron chi connectivity index (χ4n) is 6.24. The molecule has 4 aromatic rings. The Morgan fingerprint density at radius 2 is 1.91 bits per heavy atom. The SMILES string of the molecule is Cn1c(N2CCC(=O)NC2=O)cnc1-c1ccc2c(c1)[C@@H](C1CC1)N(Cc1ccc(OCc3c(F)cccc3Cl)cc1)C2. The number of halogens is 2. The largest absolute Gasteiger partial charge is 0.489 e. The molecule has 220 valence electrons. The Balaban J connectivity index is 1.07. The lowest BCUT2D eigenvalue weighted by molar-refractivity contribution is -0.120. The molecular formula is C33H31ClFN5O3. The topological polar surface area (TPSA) is 79.7 Å². The molecule has 43 heavy (non-hydrogen) atoms. The van der Waals surface area contributed by atoms with E-state index < -0.39 is 6.03 Å². The normalized spacial score (nSPS) is 18.6. The molecule has 3 aromatic carbocycles. The van der Waals surface area contributed by atoms with Crippen molar-refractivity contribution < 1.29 is 18.7 Å². The number of rotatable bonds is 8. The minimum absolute atomic E-state index is 0.0702. The zero-order valence-corrected chi connectivity index (χ0v) is 24.5. The summed E-state index contributed by atoms with van der Waals surface area (Å²) in [6.07, 6.45) is 4.39. The number of imide groups is 1. The first kappa shape index (κ1) is 27.6. The van der Waals surface area contributed by atoms with E-state index in [4.69, 9.17) is 16.3 Å². The first-order valence-electron chi connectivity index (χ1n) is 14.5. The van der Waals surface area contributed by atoms with E-state index in [1.54, 1.807) is 23.2 Å². The van der Waals surface area contributed by atoms with Gasteiger partial charge in [-0.05, 0) is 65.8 Å². The minimum Gasteiger partial charge on any atom is -0.489 e. The van der Waals surface area contributed by atoms with E-state index in [0.717, 1.165) is 24.5 Å². The van der Waals surface area contributed by atoms with Gasteiger partial charge in [-0.1, -0.05) is 41.9 Å². The van der Waals surface area contributed by atoms with Gasteiger partial charge in [0, 0.05) is 50.3 Å². The summed E-state index contributed by atoms with van der Waals surface area (Å²) in [5.41, 5.74) is 5.20. The molecule has 2 aliphatic heterocycles. The number of carbonyl (C=O) groups excluding carboxylic acids is 2. The molecule has 1 saturated heterocycles. The molecule has 1 aromatic heterocycles. The number of nitrogens with zero attached hydrogens (tertiary/aromatic N) is 4. The molecule has 3 heterocycles. The van der Waals surface area contributed by atoms with E-state index in [1.165, 1.54) is 35.6 Å². The number of fused-ring (bicyclic) bond motifs is 1. The third kappa shape index (κ3) is 5.39. The maximum Gasteiger partial charge on any atom is 0.329 e. The maximum atomic E-state index is 14.1. The number of hydrogen-bond acceptors (Lipinski definition) is 5. The number of ether oxygens (including phenoxy) is 1. The number of aromatic nitrogens is 2. The van der Waals surface area contributed by atoms with Gasteiger partial charge in [0.05, 0.1) is 11.2 Å². The average molecular weight is 600 g/mol. The van der Waals surface area contributed by atoms with Crippen molar-refractivity contribution in [1.29, 1.82) is 0 Å². The van der Waals surface area contributed by atoms with E-state index >= 15 is 0 Å². The van der Waals surface area contributed by atoms with Crippen LogP contribution in [-0.2, 0) is 31.5 Å². The van der Waals surface area contributed by atoms with Crippen molar-refractivity contribution in [2.45, 2.75) is 45.0 Å². The van der Waals surface area contributed by atoms with Crippen LogP contribution in [0.3, 0.4) is 0 Å². The summed E-state index contributed by atoms with van der Waals surface area (Å²) >= 11 is 6.14. The van der Waals surface area contributed by atoms with Crippen molar-refractivity contribution in [3.8, 4) is 17.1 Å². The molecule has 1 saturated carbocycles. The first-order valence-corrected chi connectivity index (χ1v) is 14.9. The molecule has 1 aliphatic carbocycles. The zero-order chi connectivity index (χ0) is 29.7. The maximum absolute atomic E-state index is 14.1. The van der Waals surface area contributed by atoms with E-state index in [2.05, 4.69) is 45.5 Å². The molecule has 1 atom stereocenters. The summed E-state index contributed by atoms with van der Waals surface area (Å²) in [5.74, 6) is 2.10. The fraction of sp³-hybridized carbons (Fsp3) is 0.303. The van der Waals surface area contributed by atoms with Crippen LogP contribution in [-0.4, -0.2) is 32.9 Å². The standard InChI is InChI=1S/C33H31ClFN5O3/c1-38-30(40-14-13-29(41)37-33(40)42)16-36-32(38)22-9-10-23-18-39(31(21-7-8-21)25(23)15-22)17-20-5-11-24(12-6-20)43-19-26-27(34)3-2-4-28(26)35/h2-6,9-12,15-16,21,31H,7-8,13-14,17-19H2,1H3,(H,37,41,42)/t31-/m1/s1. The highest BCUT2D eigenvalue weighted by Gasteiger charge is 2.41. The Labute approximate surface area is 254 Å². The lowest BCUT2D eigenvalue weighted by atomic mass is 9.98. The number of amides is 3. The van der Waals surface area contributed by atoms with Crippen LogP contribution in [0.25, 0.3) is 11.4 Å². The molecule has 3 amide bonds. The Bertz CT molecular complexity index is 1700. The van der Waals surface area contributed by atoms with E-state index in [-0.39, 0.29) is 24.8 Å². The number of urea groups is 1. The fourth-order valence-corrected chi connectivity index (χ4v) is 6.46. The highest BCUT2D eigenvalue weighted by molar-refractivity contribution is 6.31. The van der Waals surface area contributed by atoms with Crippen molar-refractivity contribution in [1.82, 2.24) is 19.8 Å². The Kier molecular flexibility index (Phi) is 7.15. The molecule has 0 spiro atoms. The molecule has 0 radical (unpaired) electrons. The molecule has 3 aliphatic rings. The van der Waals surface area contributed by atoms with Gasteiger partial charge in [-0.15, -0.1) is 0 Å². The van der Waals surface area contributed by atoms with E-state index in [1.807, 2.05) is 23.7 Å². The van der Waals surface area contributed by atoms with Crippen LogP contribution in [0.5, 0.6) is 5.75 Å². The van der Waals surface area contributed by atoms with Crippen molar-refractivity contribution in [2.75, 3.05) is 11.4 Å². The van der Waals surface area contributed by atoms with Gasteiger partial charge in [-0.3, -0.25) is 19.9 Å². The lowest BCUT2D eigenvalue weighted by Crippen LogP contribution is -2.50. The molecule has 8 nitrogen and oxygen atoms in total. The number of carbonyl (C=O) groups is 2. The number of nitrogens with one attached hydrogen (secondary N) is 1. The monoisotopic (exact) mass is 599 g/mol. The Hall–Kier alpha value is -4.21. The third-order valence-corrected chi connectivity index (χ3v) is 8.96. The second-order valence-electron chi connectivity index (χ2n) is 11.5. The van der Waals surface area contributed by atoms with Gasteiger partial charge in [-0.2, -0.15) is 0 Å². The van der Waals surface area contributed by atoms with Crippen LogP contribution >= 0.6 is 11.6 Å². The molecule has 0 bridgehead atoms. The predicted molar refractivity (Wildman–Crippen MR) is 161 cm³/mol. The zero-order valence-electron chi connectivity index (χ0n) is 23.7. The second-order valence-corrected chi connectivity index (χ2v) is 11.9. The summed E-state index contributed by atoms with van der Waals surface area (Å²) in [4.78, 5) is 32.8. The van der Waals surface area contributed by atoms with Gasteiger partial charge in [0.1, 0.15) is 29.8 Å². The molecule has 10 heteroatoms. The molecule has 1 N–H and O–H groups in total. The van der Waals surface area contributed by atoms with Crippen molar-refractivity contribution >= 4 is 29.4 Å². The smallest absolute Gasteiger partial charge is 0.329 e. The van der Waals surface area contributed by atoms with Gasteiger partial charge >= 0.3 is 6.03 Å². The highest BCUT2D eigenvalue weighted by Crippen LogP contribution is 2.50. The van der Waals surface area contributed by atoms with Crippen molar-refractivity contribution in [2.24, 2.45) is 13.0 Å². The van der Waals surface area contributed by atoms with Gasteiger partial charge in [0.2, 0.25) is 5.91 Å². The van der Waals surface area contributed by atoms with E-state index in [0.29, 0.717) is 40.7 Å². The number of hydrogen-bond donors (Lipinski definition) is 1. The molecule has 0 unspecified atom stereocenters. The Morgan fingerprint density at radius 3 is 2.65 bits per heavy atom. The summed E-state index contributed by atoms with van der Waals surface area (Å²) < 4.78 is 21.9. The van der Waals surface area contributed by atoms with Crippen LogP contribution in [0.4, 0.5) is 15.0 Å². The van der Waals surface area contributed by atoms with E-state index in [9.17, 15) is 14.0 Å². The second kappa shape index (κ2) is 11.1. The predicted octanol–water partition coefficient (Wildman–Crippen LogP) is 6.37. The van der Waals surface area contributed by atoms with Gasteiger partial charge in [0.25, 0.3) is 0 Å². The quantitative estimate of drug-likeness (QED) is 0.255. The number of benzene rings is 3. The minimum atomic E-state index is -0.418. The molecular weight excluding hydrogens is 569 g/mol. The van der Waals surface area contributed by atoms with Crippen LogP contribution in [0.2, 0.25) is 5.02 Å². The van der Waals surface area contributed by atoms with Gasteiger partial charge in [-0.25, -0.2) is 14.2 Å². The van der Waals surface area contributed by atoms with Crippen molar-refractivity contribution in [3.05, 3.63) is 100.0 Å². The number of imidazole rings is 1. The number of anilines is 1. The van der Waals surface area contributed by atoms with Crippen molar-refractivity contribution in [3.63, 3.8) is 0 Å². The van der Waals surface area contributed by atoms with Crippen LogP contribution < -0.4 is 15.0 Å². The summed E-state index contributed by atoms with van der Waals surface area (Å²) in [5, 5.41) is 2.74. The average Bonchev–Trinajstić information content (AvgIpc) is 3.66. The van der Waals surface area contributed by atoms with Crippen LogP contribution in [0, 0.1) is 11.7 Å². The van der Waals surface area contributed by atoms with Gasteiger partial charge < -0.3 is 9.30 Å². The summed E-state index contributed by atoms with van der Waals surface area (Å²) in [7, 11) is 1.90.